The van der Waals surface area contributed by atoms with Crippen LogP contribution >= 0.6 is 0 Å². The number of rotatable bonds is 0. The van der Waals surface area contributed by atoms with E-state index in [1.54, 1.807) is 6.20 Å². The van der Waals surface area contributed by atoms with E-state index in [0.717, 1.165) is 42.5 Å². The minimum atomic E-state index is 0.836. The van der Waals surface area contributed by atoms with Gasteiger partial charge in [0, 0.05) is 16.8 Å². The van der Waals surface area contributed by atoms with Crippen molar-refractivity contribution in [2.45, 2.75) is 0 Å². The fraction of sp³-hybridized carbons (Fsp3) is 0. The molecular formula is C23H19N. The van der Waals surface area contributed by atoms with Crippen molar-refractivity contribution in [1.29, 1.82) is 0 Å². The molecular weight excluding hydrogens is 290 g/mol. The highest BCUT2D eigenvalue weighted by Gasteiger charge is 2.01. The first-order valence-electron chi connectivity index (χ1n) is 7.75. The maximum Gasteiger partial charge on any atom is 0.0780 e. The maximum absolute atomic E-state index is 4.62. The Morgan fingerprint density at radius 2 is 1.04 bits per heavy atom. The summed E-state index contributed by atoms with van der Waals surface area (Å²) in [6, 6.07) is 19.8. The van der Waals surface area contributed by atoms with Crippen molar-refractivity contribution in [1.82, 2.24) is 4.98 Å². The molecule has 0 aliphatic rings. The number of hydrogen-bond acceptors (Lipinski definition) is 1. The van der Waals surface area contributed by atoms with Gasteiger partial charge in [-0.1, -0.05) is 80.9 Å². The van der Waals surface area contributed by atoms with Crippen LogP contribution in [0, 0.1) is 0 Å². The SMILES string of the molecule is C=c1cccc2c(=C)c(ccc1)c1nccc(=C)cccc2c1=C. The van der Waals surface area contributed by atoms with Crippen molar-refractivity contribution in [2.24, 2.45) is 0 Å². The summed E-state index contributed by atoms with van der Waals surface area (Å²) >= 11 is 0. The standard InChI is InChI=1S/C23H19N/c1-16-8-5-11-20-18(3)22(13-7-9-16)23-19(4)21(20)12-6-10-17(2)14-15-24-23/h5-15H,1-4H2. The third-order valence-electron chi connectivity index (χ3n) is 4.02. The van der Waals surface area contributed by atoms with Gasteiger partial charge in [0.15, 0.2) is 0 Å². The van der Waals surface area contributed by atoms with E-state index in [9.17, 15) is 0 Å². The van der Waals surface area contributed by atoms with Gasteiger partial charge in [0.2, 0.25) is 0 Å². The van der Waals surface area contributed by atoms with Crippen LogP contribution in [0.25, 0.3) is 48.0 Å². The molecule has 1 heterocycles. The second-order valence-electron chi connectivity index (χ2n) is 5.72. The average molecular weight is 309 g/mol. The molecule has 0 unspecified atom stereocenters. The van der Waals surface area contributed by atoms with Gasteiger partial charge in [-0.2, -0.15) is 0 Å². The second-order valence-corrected chi connectivity index (χ2v) is 5.72. The first kappa shape index (κ1) is 15.7. The van der Waals surface area contributed by atoms with Gasteiger partial charge >= 0.3 is 0 Å². The molecule has 0 atom stereocenters. The Morgan fingerprint density at radius 3 is 1.67 bits per heavy atom. The molecule has 0 amide bonds. The molecule has 0 saturated heterocycles. The summed E-state index contributed by atoms with van der Waals surface area (Å²) in [7, 11) is 0. The number of benzene rings is 1. The lowest BCUT2D eigenvalue weighted by Crippen LogP contribution is -2.12. The van der Waals surface area contributed by atoms with Crippen LogP contribution in [0.4, 0.5) is 0 Å². The maximum atomic E-state index is 4.62. The summed E-state index contributed by atoms with van der Waals surface area (Å²) < 4.78 is 0. The normalized spacial score (nSPS) is 10.3. The first-order valence-corrected chi connectivity index (χ1v) is 7.75. The molecule has 24 heavy (non-hydrogen) atoms. The molecule has 0 N–H and O–H groups in total. The molecule has 1 nitrogen and oxygen atoms in total. The van der Waals surface area contributed by atoms with Gasteiger partial charge in [0.05, 0.1) is 5.52 Å². The van der Waals surface area contributed by atoms with Gasteiger partial charge in [-0.15, -0.1) is 0 Å². The molecule has 1 aromatic heterocycles. The lowest BCUT2D eigenvalue weighted by Gasteiger charge is -2.02. The Labute approximate surface area is 141 Å². The van der Waals surface area contributed by atoms with E-state index in [1.807, 2.05) is 54.6 Å². The van der Waals surface area contributed by atoms with E-state index in [1.165, 1.54) is 0 Å². The van der Waals surface area contributed by atoms with Crippen molar-refractivity contribution >= 4 is 48.0 Å². The van der Waals surface area contributed by atoms with Crippen LogP contribution in [0.5, 0.6) is 0 Å². The first-order chi connectivity index (χ1) is 11.6. The molecule has 116 valence electrons. The van der Waals surface area contributed by atoms with E-state index < -0.39 is 0 Å². The summed E-state index contributed by atoms with van der Waals surface area (Å²) in [5, 5.41) is 6.71. The van der Waals surface area contributed by atoms with E-state index >= 15 is 0 Å². The number of fused-ring (bicyclic) bond motifs is 6. The van der Waals surface area contributed by atoms with Crippen LogP contribution < -0.4 is 20.9 Å². The van der Waals surface area contributed by atoms with Crippen LogP contribution in [-0.2, 0) is 0 Å². The topological polar surface area (TPSA) is 12.9 Å². The Morgan fingerprint density at radius 1 is 0.542 bits per heavy atom. The van der Waals surface area contributed by atoms with Crippen molar-refractivity contribution < 1.29 is 0 Å². The zero-order valence-electron chi connectivity index (χ0n) is 13.6. The summed E-state index contributed by atoms with van der Waals surface area (Å²) in [6.07, 6.45) is 1.76. The molecule has 2 aromatic carbocycles. The van der Waals surface area contributed by atoms with Crippen LogP contribution in [0.2, 0.25) is 0 Å². The van der Waals surface area contributed by atoms with Gasteiger partial charge in [0.1, 0.15) is 0 Å². The van der Waals surface area contributed by atoms with E-state index in [0.29, 0.717) is 0 Å². The van der Waals surface area contributed by atoms with Crippen LogP contribution in [-0.4, -0.2) is 4.98 Å². The molecule has 3 rings (SSSR count). The average Bonchev–Trinajstić information content (AvgIpc) is 2.55. The van der Waals surface area contributed by atoms with Gasteiger partial charge in [0.25, 0.3) is 0 Å². The smallest absolute Gasteiger partial charge is 0.0780 e. The Bertz CT molecular complexity index is 1040. The summed E-state index contributed by atoms with van der Waals surface area (Å²) in [5.41, 5.74) is 0.836. The van der Waals surface area contributed by atoms with Crippen LogP contribution in [0.15, 0.2) is 66.9 Å². The molecule has 0 aliphatic heterocycles. The molecule has 1 heteroatoms. The molecule has 0 radical (unpaired) electrons. The third kappa shape index (κ3) is 2.97. The summed E-state index contributed by atoms with van der Waals surface area (Å²) in [5.74, 6) is 0. The molecule has 4 bridgehead atoms. The predicted molar refractivity (Wildman–Crippen MR) is 106 cm³/mol. The molecule has 0 spiro atoms. The van der Waals surface area contributed by atoms with Crippen molar-refractivity contribution in [3.8, 4) is 0 Å². The van der Waals surface area contributed by atoms with Crippen LogP contribution in [0.3, 0.4) is 0 Å². The van der Waals surface area contributed by atoms with Crippen molar-refractivity contribution in [3.63, 3.8) is 0 Å². The molecule has 0 fully saturated rings. The highest BCUT2D eigenvalue weighted by molar-refractivity contribution is 5.97. The quantitative estimate of drug-likeness (QED) is 0.622. The zero-order valence-corrected chi connectivity index (χ0v) is 13.6. The van der Waals surface area contributed by atoms with Crippen molar-refractivity contribution in [2.75, 3.05) is 0 Å². The fourth-order valence-electron chi connectivity index (χ4n) is 2.73. The number of aromatic nitrogens is 1. The molecule has 0 saturated carbocycles. The second kappa shape index (κ2) is 6.51. The predicted octanol–water partition coefficient (Wildman–Crippen LogP) is 2.72. The molecule has 0 aliphatic carbocycles. The largest absolute Gasteiger partial charge is 0.256 e. The summed E-state index contributed by atoms with van der Waals surface area (Å²) in [6.45, 7) is 16.6. The number of nitrogens with zero attached hydrogens (tertiary/aromatic N) is 1. The third-order valence-corrected chi connectivity index (χ3v) is 4.02. The number of hydrogen-bond donors (Lipinski definition) is 0. The van der Waals surface area contributed by atoms with E-state index in [4.69, 9.17) is 0 Å². The lowest BCUT2D eigenvalue weighted by atomic mass is 10.0. The highest BCUT2D eigenvalue weighted by atomic mass is 14.6. The van der Waals surface area contributed by atoms with Gasteiger partial charge in [-0.25, -0.2) is 0 Å². The Kier molecular flexibility index (Phi) is 4.26. The van der Waals surface area contributed by atoms with E-state index in [-0.39, 0.29) is 0 Å². The molecule has 3 aromatic rings. The van der Waals surface area contributed by atoms with Crippen LogP contribution in [0.1, 0.15) is 0 Å². The zero-order chi connectivity index (χ0) is 17.1. The monoisotopic (exact) mass is 309 g/mol. The summed E-state index contributed by atoms with van der Waals surface area (Å²) in [4.78, 5) is 4.62. The minimum absolute atomic E-state index is 0.836. The minimum Gasteiger partial charge on any atom is -0.256 e. The van der Waals surface area contributed by atoms with Gasteiger partial charge in [-0.05, 0) is 32.5 Å². The van der Waals surface area contributed by atoms with Gasteiger partial charge in [-0.3, -0.25) is 4.98 Å². The highest BCUT2D eigenvalue weighted by Crippen LogP contribution is 2.07. The van der Waals surface area contributed by atoms with E-state index in [2.05, 4.69) is 37.4 Å². The Hall–Kier alpha value is -3.19. The van der Waals surface area contributed by atoms with Gasteiger partial charge < -0.3 is 0 Å². The van der Waals surface area contributed by atoms with Crippen molar-refractivity contribution in [3.05, 3.63) is 87.7 Å². The lowest BCUT2D eigenvalue weighted by molar-refractivity contribution is 1.41. The fourth-order valence-corrected chi connectivity index (χ4v) is 2.73. The Balaban J connectivity index is 2.77.